The van der Waals surface area contributed by atoms with Crippen LogP contribution in [0, 0.1) is 12.8 Å². The summed E-state index contributed by atoms with van der Waals surface area (Å²) in [7, 11) is 1.25. The Bertz CT molecular complexity index is 1010. The third-order valence-corrected chi connectivity index (χ3v) is 5.80. The number of methoxy groups -OCH3 is 1. The molecule has 2 amide bonds. The van der Waals surface area contributed by atoms with Crippen molar-refractivity contribution in [1.29, 1.82) is 0 Å². The lowest BCUT2D eigenvalue weighted by atomic mass is 10.0. The zero-order valence-electron chi connectivity index (χ0n) is 19.5. The second-order valence-electron chi connectivity index (χ2n) is 8.57. The molecule has 1 fully saturated rings. The molecule has 1 aromatic carbocycles. The van der Waals surface area contributed by atoms with Crippen molar-refractivity contribution in [1.82, 2.24) is 4.90 Å². The Morgan fingerprint density at radius 2 is 2.00 bits per heavy atom. The van der Waals surface area contributed by atoms with Crippen LogP contribution in [0.5, 0.6) is 0 Å². The fraction of sp³-hybridized carbons (Fsp3) is 0.480. The van der Waals surface area contributed by atoms with Crippen molar-refractivity contribution >= 4 is 17.8 Å². The Kier molecular flexibility index (Phi) is 8.05. The van der Waals surface area contributed by atoms with E-state index in [1.807, 2.05) is 45.0 Å². The van der Waals surface area contributed by atoms with Crippen LogP contribution in [0.3, 0.4) is 0 Å². The van der Waals surface area contributed by atoms with Crippen LogP contribution in [0.15, 0.2) is 34.7 Å². The third-order valence-electron chi connectivity index (χ3n) is 5.80. The number of carbonyl (C=O) groups excluding carboxylic acids is 3. The zero-order chi connectivity index (χ0) is 24.1. The summed E-state index contributed by atoms with van der Waals surface area (Å²) in [6.45, 7) is 5.86. The molecule has 3 rings (SSSR count). The van der Waals surface area contributed by atoms with E-state index in [0.29, 0.717) is 25.0 Å². The smallest absolute Gasteiger partial charge is 0.417 e. The number of carbonyl (C=O) groups is 3. The minimum Gasteiger partial charge on any atom is -0.457 e. The first-order valence-corrected chi connectivity index (χ1v) is 11.2. The number of imide groups is 1. The van der Waals surface area contributed by atoms with Crippen LogP contribution in [-0.2, 0) is 20.7 Å². The van der Waals surface area contributed by atoms with Crippen LogP contribution in [-0.4, -0.2) is 60.3 Å². The number of cyclic esters (lactones) is 1. The number of nitrogens with zero attached hydrogens (tertiary/aromatic N) is 1. The quantitative estimate of drug-likeness (QED) is 0.329. The fourth-order valence-electron chi connectivity index (χ4n) is 3.95. The van der Waals surface area contributed by atoms with Crippen molar-refractivity contribution < 1.29 is 33.4 Å². The average molecular weight is 458 g/mol. The molecule has 1 aliphatic rings. The molecule has 1 aromatic heterocycles. The second-order valence-corrected chi connectivity index (χ2v) is 8.57. The largest absolute Gasteiger partial charge is 0.457 e. The number of ether oxygens (including phenoxy) is 2. The highest BCUT2D eigenvalue weighted by molar-refractivity contribution is 6.14. The molecule has 0 bridgehead atoms. The molecule has 0 aliphatic carbocycles. The van der Waals surface area contributed by atoms with E-state index in [1.165, 1.54) is 7.11 Å². The van der Waals surface area contributed by atoms with E-state index in [2.05, 4.69) is 0 Å². The van der Waals surface area contributed by atoms with Crippen molar-refractivity contribution in [3.05, 3.63) is 47.4 Å². The van der Waals surface area contributed by atoms with E-state index in [4.69, 9.17) is 19.0 Å². The van der Waals surface area contributed by atoms with Gasteiger partial charge < -0.3 is 19.0 Å². The van der Waals surface area contributed by atoms with Gasteiger partial charge in [0.25, 0.3) is 5.91 Å². The van der Waals surface area contributed by atoms with Gasteiger partial charge in [0.1, 0.15) is 12.4 Å². The molecule has 0 saturated carbocycles. The van der Waals surface area contributed by atoms with Crippen molar-refractivity contribution in [3.63, 3.8) is 0 Å². The fourth-order valence-corrected chi connectivity index (χ4v) is 3.95. The van der Waals surface area contributed by atoms with Gasteiger partial charge in [0, 0.05) is 25.7 Å². The van der Waals surface area contributed by atoms with E-state index in [-0.39, 0.29) is 24.9 Å². The first kappa shape index (κ1) is 24.7. The van der Waals surface area contributed by atoms with Crippen LogP contribution in [0.2, 0.25) is 0 Å². The number of amides is 2. The first-order chi connectivity index (χ1) is 15.8. The number of Topliss-reactive ketones (excluding diaryl/α,β-unsaturated/α-hetero) is 1. The SMILES string of the molecule is CO[C@H](C(=O)c1cc(-c2cccc(C)c2)c(CCCCO)o1)C(=O)N1C(=O)OC[C@H]1C(C)C. The maximum Gasteiger partial charge on any atom is 0.417 e. The number of aliphatic hydroxyl groups excluding tert-OH is 1. The molecule has 178 valence electrons. The highest BCUT2D eigenvalue weighted by atomic mass is 16.6. The Hall–Kier alpha value is -2.97. The number of aryl methyl sites for hydroxylation is 2. The van der Waals surface area contributed by atoms with E-state index in [9.17, 15) is 14.4 Å². The van der Waals surface area contributed by atoms with Crippen molar-refractivity contribution in [3.8, 4) is 11.1 Å². The standard InChI is InChI=1S/C25H31NO7/c1-15(2)19-14-32-25(30)26(19)24(29)23(31-4)22(28)21-13-18(17-9-7-8-16(3)12-17)20(33-21)10-5-6-11-27/h7-9,12-13,15,19,23,27H,5-6,10-11,14H2,1-4H3/t19-,23+/m0/s1. The van der Waals surface area contributed by atoms with Gasteiger partial charge in [-0.2, -0.15) is 0 Å². The van der Waals surface area contributed by atoms with Crippen molar-refractivity contribution in [2.45, 2.75) is 52.2 Å². The molecule has 0 spiro atoms. The van der Waals surface area contributed by atoms with Gasteiger partial charge in [-0.15, -0.1) is 0 Å². The van der Waals surface area contributed by atoms with Crippen LogP contribution in [0.1, 0.15) is 48.6 Å². The number of benzene rings is 1. The minimum absolute atomic E-state index is 0.0145. The van der Waals surface area contributed by atoms with Gasteiger partial charge in [-0.25, -0.2) is 9.69 Å². The van der Waals surface area contributed by atoms with Gasteiger partial charge in [-0.05, 0) is 37.3 Å². The number of unbranched alkanes of at least 4 members (excludes halogenated alkanes) is 1. The highest BCUT2D eigenvalue weighted by Gasteiger charge is 2.45. The summed E-state index contributed by atoms with van der Waals surface area (Å²) in [6.07, 6.45) is -0.503. The predicted octanol–water partition coefficient (Wildman–Crippen LogP) is 3.77. The van der Waals surface area contributed by atoms with Gasteiger partial charge >= 0.3 is 6.09 Å². The first-order valence-electron chi connectivity index (χ1n) is 11.2. The topological polar surface area (TPSA) is 106 Å². The molecule has 33 heavy (non-hydrogen) atoms. The zero-order valence-corrected chi connectivity index (χ0v) is 19.5. The number of hydrogen-bond donors (Lipinski definition) is 1. The van der Waals surface area contributed by atoms with Crippen LogP contribution < -0.4 is 0 Å². The van der Waals surface area contributed by atoms with Gasteiger partial charge in [-0.3, -0.25) is 9.59 Å². The number of furan rings is 1. The third kappa shape index (κ3) is 5.34. The summed E-state index contributed by atoms with van der Waals surface area (Å²) in [6, 6.07) is 8.95. The number of hydrogen-bond acceptors (Lipinski definition) is 7. The lowest BCUT2D eigenvalue weighted by Gasteiger charge is -2.25. The highest BCUT2D eigenvalue weighted by Crippen LogP contribution is 2.31. The Morgan fingerprint density at radius 1 is 1.24 bits per heavy atom. The Balaban J connectivity index is 1.93. The van der Waals surface area contributed by atoms with Crippen molar-refractivity contribution in [2.75, 3.05) is 20.3 Å². The summed E-state index contributed by atoms with van der Waals surface area (Å²) in [4.78, 5) is 39.6. The van der Waals surface area contributed by atoms with Gasteiger partial charge in [0.15, 0.2) is 5.76 Å². The molecule has 1 saturated heterocycles. The van der Waals surface area contributed by atoms with Crippen LogP contribution >= 0.6 is 0 Å². The number of rotatable bonds is 10. The predicted molar refractivity (Wildman–Crippen MR) is 121 cm³/mol. The maximum absolute atomic E-state index is 13.3. The average Bonchev–Trinajstić information content (AvgIpc) is 3.38. The molecular formula is C25H31NO7. The van der Waals surface area contributed by atoms with Crippen LogP contribution in [0.25, 0.3) is 11.1 Å². The van der Waals surface area contributed by atoms with E-state index in [1.54, 1.807) is 6.07 Å². The van der Waals surface area contributed by atoms with Crippen molar-refractivity contribution in [2.24, 2.45) is 5.92 Å². The van der Waals surface area contributed by atoms with Gasteiger partial charge in [0.2, 0.25) is 11.9 Å². The summed E-state index contributed by atoms with van der Waals surface area (Å²) < 4.78 is 16.2. The molecule has 0 radical (unpaired) electrons. The molecule has 8 heteroatoms. The Labute approximate surface area is 193 Å². The summed E-state index contributed by atoms with van der Waals surface area (Å²) in [5.74, 6) is -0.881. The molecule has 2 aromatic rings. The van der Waals surface area contributed by atoms with E-state index in [0.717, 1.165) is 21.6 Å². The van der Waals surface area contributed by atoms with E-state index < -0.39 is 29.9 Å². The molecule has 0 unspecified atom stereocenters. The molecule has 8 nitrogen and oxygen atoms in total. The summed E-state index contributed by atoms with van der Waals surface area (Å²) in [5, 5.41) is 9.13. The molecule has 2 heterocycles. The lowest BCUT2D eigenvalue weighted by molar-refractivity contribution is -0.137. The van der Waals surface area contributed by atoms with Crippen LogP contribution in [0.4, 0.5) is 4.79 Å². The van der Waals surface area contributed by atoms with Gasteiger partial charge in [0.05, 0.1) is 6.04 Å². The minimum atomic E-state index is -1.53. The molecule has 1 N–H and O–H groups in total. The Morgan fingerprint density at radius 3 is 2.64 bits per heavy atom. The molecule has 1 aliphatic heterocycles. The summed E-state index contributed by atoms with van der Waals surface area (Å²) >= 11 is 0. The second kappa shape index (κ2) is 10.8. The molecular weight excluding hydrogens is 426 g/mol. The van der Waals surface area contributed by atoms with Gasteiger partial charge in [-0.1, -0.05) is 43.7 Å². The monoisotopic (exact) mass is 457 g/mol. The maximum atomic E-state index is 13.3. The lowest BCUT2D eigenvalue weighted by Crippen LogP contribution is -2.49. The van der Waals surface area contributed by atoms with E-state index >= 15 is 0 Å². The normalized spacial score (nSPS) is 16.8. The number of ketones is 1. The number of aliphatic hydroxyl groups is 1. The molecule has 2 atom stereocenters. The summed E-state index contributed by atoms with van der Waals surface area (Å²) in [5.41, 5.74) is 2.70.